The zero-order valence-corrected chi connectivity index (χ0v) is 12.5. The van der Waals surface area contributed by atoms with Gasteiger partial charge >= 0.3 is 0 Å². The van der Waals surface area contributed by atoms with Crippen molar-refractivity contribution in [3.8, 4) is 0 Å². The van der Waals surface area contributed by atoms with Crippen LogP contribution >= 0.6 is 34.8 Å². The summed E-state index contributed by atoms with van der Waals surface area (Å²) < 4.78 is 0. The van der Waals surface area contributed by atoms with Crippen LogP contribution in [0.4, 0.5) is 0 Å². The molecule has 1 nitrogen and oxygen atoms in total. The highest BCUT2D eigenvalue weighted by Gasteiger charge is 2.11. The van der Waals surface area contributed by atoms with Crippen LogP contribution < -0.4 is 5.73 Å². The molecule has 0 spiro atoms. The molecule has 0 aliphatic carbocycles. The lowest BCUT2D eigenvalue weighted by Gasteiger charge is -2.14. The molecule has 1 atom stereocenters. The second kappa shape index (κ2) is 6.62. The zero-order chi connectivity index (χ0) is 13.8. The van der Waals surface area contributed by atoms with Crippen molar-refractivity contribution in [1.29, 1.82) is 0 Å². The van der Waals surface area contributed by atoms with Crippen LogP contribution in [0.15, 0.2) is 42.5 Å². The Morgan fingerprint density at radius 2 is 1.53 bits per heavy atom. The number of halogens is 3. The van der Waals surface area contributed by atoms with Gasteiger partial charge in [0.15, 0.2) is 0 Å². The highest BCUT2D eigenvalue weighted by molar-refractivity contribution is 6.36. The smallest absolute Gasteiger partial charge is 0.0453 e. The lowest BCUT2D eigenvalue weighted by atomic mass is 10.00. The zero-order valence-electron chi connectivity index (χ0n) is 10.2. The topological polar surface area (TPSA) is 26.0 Å². The normalized spacial score (nSPS) is 12.4. The highest BCUT2D eigenvalue weighted by atomic mass is 35.5. The molecule has 2 aromatic carbocycles. The van der Waals surface area contributed by atoms with Crippen molar-refractivity contribution >= 4 is 34.8 Å². The molecule has 0 bridgehead atoms. The Morgan fingerprint density at radius 1 is 0.895 bits per heavy atom. The van der Waals surface area contributed by atoms with Crippen LogP contribution in [-0.4, -0.2) is 6.04 Å². The lowest BCUT2D eigenvalue weighted by Crippen LogP contribution is -2.25. The number of nitrogens with two attached hydrogens (primary N) is 1. The first-order chi connectivity index (χ1) is 9.06. The second-order valence-electron chi connectivity index (χ2n) is 4.50. The minimum atomic E-state index is -0.0455. The van der Waals surface area contributed by atoms with E-state index in [9.17, 15) is 0 Å². The Hall–Kier alpha value is -0.730. The van der Waals surface area contributed by atoms with Crippen molar-refractivity contribution in [3.63, 3.8) is 0 Å². The molecule has 0 amide bonds. The molecule has 0 saturated carbocycles. The maximum Gasteiger partial charge on any atom is 0.0453 e. The van der Waals surface area contributed by atoms with Crippen LogP contribution in [0.25, 0.3) is 0 Å². The van der Waals surface area contributed by atoms with E-state index in [1.807, 2.05) is 42.5 Å². The van der Waals surface area contributed by atoms with E-state index in [4.69, 9.17) is 40.5 Å². The summed E-state index contributed by atoms with van der Waals surface area (Å²) in [4.78, 5) is 0. The van der Waals surface area contributed by atoms with E-state index in [-0.39, 0.29) is 6.04 Å². The van der Waals surface area contributed by atoms with E-state index in [0.29, 0.717) is 16.5 Å². The Bertz CT molecular complexity index is 549. The first kappa shape index (κ1) is 14.7. The van der Waals surface area contributed by atoms with E-state index in [1.54, 1.807) is 0 Å². The largest absolute Gasteiger partial charge is 0.327 e. The minimum Gasteiger partial charge on any atom is -0.327 e. The molecule has 4 heteroatoms. The van der Waals surface area contributed by atoms with Gasteiger partial charge in [-0.05, 0) is 48.2 Å². The average molecular weight is 315 g/mol. The summed E-state index contributed by atoms with van der Waals surface area (Å²) in [5, 5.41) is 2.04. The molecule has 1 unspecified atom stereocenters. The molecule has 19 heavy (non-hydrogen) atoms. The third kappa shape index (κ3) is 4.12. The molecule has 0 saturated heterocycles. The molecule has 0 heterocycles. The number of benzene rings is 2. The van der Waals surface area contributed by atoms with E-state index in [1.165, 1.54) is 0 Å². The molecule has 2 rings (SSSR count). The predicted molar refractivity (Wildman–Crippen MR) is 83.3 cm³/mol. The molecule has 100 valence electrons. The monoisotopic (exact) mass is 313 g/mol. The Balaban J connectivity index is 2.07. The van der Waals surface area contributed by atoms with Gasteiger partial charge in [0.05, 0.1) is 0 Å². The molecule has 0 aliphatic heterocycles. The van der Waals surface area contributed by atoms with Crippen molar-refractivity contribution < 1.29 is 0 Å². The van der Waals surface area contributed by atoms with Gasteiger partial charge in [-0.25, -0.2) is 0 Å². The Kier molecular flexibility index (Phi) is 5.12. The van der Waals surface area contributed by atoms with Gasteiger partial charge in [0.2, 0.25) is 0 Å². The van der Waals surface area contributed by atoms with Gasteiger partial charge in [0, 0.05) is 21.1 Å². The van der Waals surface area contributed by atoms with Crippen LogP contribution in [-0.2, 0) is 12.8 Å². The first-order valence-corrected chi connectivity index (χ1v) is 7.12. The number of hydrogen-bond donors (Lipinski definition) is 1. The summed E-state index contributed by atoms with van der Waals surface area (Å²) in [5.74, 6) is 0. The highest BCUT2D eigenvalue weighted by Crippen LogP contribution is 2.26. The number of rotatable bonds is 4. The summed E-state index contributed by atoms with van der Waals surface area (Å²) in [6.07, 6.45) is 1.38. The average Bonchev–Trinajstić information content (AvgIpc) is 2.34. The molecule has 2 N–H and O–H groups in total. The van der Waals surface area contributed by atoms with Crippen LogP contribution in [0.1, 0.15) is 11.1 Å². The fourth-order valence-electron chi connectivity index (χ4n) is 2.03. The Labute approximate surface area is 128 Å². The third-order valence-corrected chi connectivity index (χ3v) is 3.86. The van der Waals surface area contributed by atoms with Crippen LogP contribution in [0, 0.1) is 0 Å². The number of hydrogen-bond acceptors (Lipinski definition) is 1. The third-order valence-electron chi connectivity index (χ3n) is 2.91. The fourth-order valence-corrected chi connectivity index (χ4v) is 2.79. The van der Waals surface area contributed by atoms with Crippen LogP contribution in [0.3, 0.4) is 0 Å². The van der Waals surface area contributed by atoms with Crippen LogP contribution in [0.5, 0.6) is 0 Å². The predicted octanol–water partition coefficient (Wildman–Crippen LogP) is 4.76. The van der Waals surface area contributed by atoms with Gasteiger partial charge in [-0.1, -0.05) is 53.0 Å². The van der Waals surface area contributed by atoms with Crippen molar-refractivity contribution in [3.05, 3.63) is 68.7 Å². The van der Waals surface area contributed by atoms with Gasteiger partial charge in [-0.3, -0.25) is 0 Å². The van der Waals surface area contributed by atoms with Crippen molar-refractivity contribution in [2.45, 2.75) is 18.9 Å². The minimum absolute atomic E-state index is 0.0455. The second-order valence-corrected chi connectivity index (χ2v) is 5.75. The SMILES string of the molecule is NC(Cc1cccc(Cl)c1)Cc1c(Cl)cccc1Cl. The summed E-state index contributed by atoms with van der Waals surface area (Å²) in [6.45, 7) is 0. The van der Waals surface area contributed by atoms with Gasteiger partial charge in [0.1, 0.15) is 0 Å². The molecular weight excluding hydrogens is 301 g/mol. The molecule has 0 radical (unpaired) electrons. The van der Waals surface area contributed by atoms with E-state index in [2.05, 4.69) is 0 Å². The van der Waals surface area contributed by atoms with Gasteiger partial charge in [0.25, 0.3) is 0 Å². The lowest BCUT2D eigenvalue weighted by molar-refractivity contribution is 0.665. The van der Waals surface area contributed by atoms with Crippen molar-refractivity contribution in [2.24, 2.45) is 5.73 Å². The molecule has 0 fully saturated rings. The maximum absolute atomic E-state index is 6.17. The summed E-state index contributed by atoms with van der Waals surface area (Å²) in [5.41, 5.74) is 8.18. The fraction of sp³-hybridized carbons (Fsp3) is 0.200. The summed E-state index contributed by atoms with van der Waals surface area (Å²) in [6, 6.07) is 13.2. The van der Waals surface area contributed by atoms with Crippen molar-refractivity contribution in [2.75, 3.05) is 0 Å². The molecule has 0 aliphatic rings. The van der Waals surface area contributed by atoms with Gasteiger partial charge < -0.3 is 5.73 Å². The Morgan fingerprint density at radius 3 is 2.16 bits per heavy atom. The van der Waals surface area contributed by atoms with Crippen LogP contribution in [0.2, 0.25) is 15.1 Å². The molecule has 2 aromatic rings. The summed E-state index contributed by atoms with van der Waals surface area (Å²) in [7, 11) is 0. The standard InChI is InChI=1S/C15H14Cl3N/c16-11-4-1-3-10(7-11)8-12(19)9-13-14(17)5-2-6-15(13)18/h1-7,12H,8-9,19H2. The molecular formula is C15H14Cl3N. The maximum atomic E-state index is 6.17. The quantitative estimate of drug-likeness (QED) is 0.865. The van der Waals surface area contributed by atoms with Gasteiger partial charge in [-0.2, -0.15) is 0 Å². The summed E-state index contributed by atoms with van der Waals surface area (Å²) >= 11 is 18.2. The molecule has 0 aromatic heterocycles. The van der Waals surface area contributed by atoms with Gasteiger partial charge in [-0.15, -0.1) is 0 Å². The van der Waals surface area contributed by atoms with E-state index in [0.717, 1.165) is 22.6 Å². The first-order valence-electron chi connectivity index (χ1n) is 5.99. The van der Waals surface area contributed by atoms with Crippen molar-refractivity contribution in [1.82, 2.24) is 0 Å². The van der Waals surface area contributed by atoms with E-state index < -0.39 is 0 Å². The van der Waals surface area contributed by atoms with E-state index >= 15 is 0 Å².